The van der Waals surface area contributed by atoms with E-state index < -0.39 is 0 Å². The van der Waals surface area contributed by atoms with E-state index in [1.54, 1.807) is 6.07 Å². The molecule has 2 rings (SSSR count). The first kappa shape index (κ1) is 11.4. The Morgan fingerprint density at radius 3 is 3.06 bits per heavy atom. The Morgan fingerprint density at radius 1 is 1.59 bits per heavy atom. The van der Waals surface area contributed by atoms with E-state index in [-0.39, 0.29) is 5.91 Å². The van der Waals surface area contributed by atoms with Crippen LogP contribution in [0.1, 0.15) is 25.5 Å². The van der Waals surface area contributed by atoms with Gasteiger partial charge in [0.05, 0.1) is 5.69 Å². The number of H-pyrrole nitrogens is 1. The number of nitrogens with two attached hydrogens (primary N) is 1. The number of nitrogens with zero attached hydrogens (tertiary/aromatic N) is 2. The van der Waals surface area contributed by atoms with Crippen molar-refractivity contribution in [3.8, 4) is 0 Å². The van der Waals surface area contributed by atoms with E-state index >= 15 is 0 Å². The number of anilines is 2. The molecule has 1 amide bonds. The molecule has 0 fully saturated rings. The van der Waals surface area contributed by atoms with Gasteiger partial charge in [-0.3, -0.25) is 9.89 Å². The summed E-state index contributed by atoms with van der Waals surface area (Å²) in [5.41, 5.74) is 8.47. The van der Waals surface area contributed by atoms with Crippen molar-refractivity contribution in [1.29, 1.82) is 0 Å². The number of aryl methyl sites for hydroxylation is 1. The van der Waals surface area contributed by atoms with Gasteiger partial charge in [-0.2, -0.15) is 5.10 Å². The molecular formula is C11H15N5O. The molecule has 0 aromatic carbocycles. The van der Waals surface area contributed by atoms with Crippen molar-refractivity contribution in [2.75, 3.05) is 11.1 Å². The molecular weight excluding hydrogens is 218 g/mol. The zero-order valence-electron chi connectivity index (χ0n) is 9.87. The first-order valence-electron chi connectivity index (χ1n) is 5.53. The minimum Gasteiger partial charge on any atom is -0.397 e. The molecule has 0 aliphatic heterocycles. The van der Waals surface area contributed by atoms with Gasteiger partial charge in [0, 0.05) is 12.1 Å². The maximum atomic E-state index is 11.5. The van der Waals surface area contributed by atoms with Crippen molar-refractivity contribution < 1.29 is 4.79 Å². The molecule has 0 bridgehead atoms. The maximum Gasteiger partial charge on any atom is 0.225 e. The van der Waals surface area contributed by atoms with Crippen molar-refractivity contribution in [2.24, 2.45) is 0 Å². The number of aromatic amines is 1. The summed E-state index contributed by atoms with van der Waals surface area (Å²) in [5, 5.41) is 9.52. The highest BCUT2D eigenvalue weighted by atomic mass is 16.1. The molecule has 0 spiro atoms. The van der Waals surface area contributed by atoms with E-state index in [0.29, 0.717) is 29.0 Å². The number of aromatic nitrogens is 3. The van der Waals surface area contributed by atoms with Gasteiger partial charge in [-0.05, 0) is 19.4 Å². The average Bonchev–Trinajstić information content (AvgIpc) is 2.62. The summed E-state index contributed by atoms with van der Waals surface area (Å²) in [6.07, 6.45) is 1.26. The van der Waals surface area contributed by atoms with Crippen LogP contribution < -0.4 is 11.1 Å². The summed E-state index contributed by atoms with van der Waals surface area (Å²) in [5.74, 6) is 0.372. The number of carbonyl (C=O) groups excluding carboxylic acids is 1. The number of nitrogens with one attached hydrogen (secondary N) is 2. The summed E-state index contributed by atoms with van der Waals surface area (Å²) in [4.78, 5) is 15.8. The van der Waals surface area contributed by atoms with Crippen LogP contribution in [0.25, 0.3) is 11.0 Å². The van der Waals surface area contributed by atoms with Gasteiger partial charge < -0.3 is 11.1 Å². The van der Waals surface area contributed by atoms with Gasteiger partial charge in [-0.15, -0.1) is 0 Å². The lowest BCUT2D eigenvalue weighted by molar-refractivity contribution is -0.116. The molecule has 0 aliphatic rings. The van der Waals surface area contributed by atoms with Gasteiger partial charge in [-0.25, -0.2) is 4.98 Å². The van der Waals surface area contributed by atoms with Gasteiger partial charge in [0.15, 0.2) is 5.82 Å². The third-order valence-corrected chi connectivity index (χ3v) is 2.42. The zero-order valence-corrected chi connectivity index (χ0v) is 9.87. The molecule has 0 radical (unpaired) electrons. The Bertz CT molecular complexity index is 560. The number of rotatable bonds is 3. The smallest absolute Gasteiger partial charge is 0.225 e. The lowest BCUT2D eigenvalue weighted by Gasteiger charge is -2.01. The number of nitrogen functional groups attached to an aromatic ring is 1. The van der Waals surface area contributed by atoms with E-state index in [1.165, 1.54) is 0 Å². The average molecular weight is 233 g/mol. The summed E-state index contributed by atoms with van der Waals surface area (Å²) < 4.78 is 0. The van der Waals surface area contributed by atoms with Crippen LogP contribution in [-0.2, 0) is 4.79 Å². The molecule has 2 aromatic heterocycles. The SMILES string of the molecule is CCCC(=O)Nc1n[nH]c2c(N)cc(C)nc12. The largest absolute Gasteiger partial charge is 0.397 e. The quantitative estimate of drug-likeness (QED) is 0.749. The standard InChI is InChI=1S/C11H15N5O/c1-3-4-8(17)14-11-10-9(15-16-11)7(12)5-6(2)13-10/h5H,3-4H2,1-2H3,(H2,12,13)(H2,14,15,16,17). The van der Waals surface area contributed by atoms with Crippen LogP contribution in [0.5, 0.6) is 0 Å². The van der Waals surface area contributed by atoms with Crippen LogP contribution in [0.2, 0.25) is 0 Å². The van der Waals surface area contributed by atoms with E-state index in [2.05, 4.69) is 20.5 Å². The van der Waals surface area contributed by atoms with Gasteiger partial charge in [0.1, 0.15) is 11.0 Å². The van der Waals surface area contributed by atoms with Crippen LogP contribution >= 0.6 is 0 Å². The molecule has 17 heavy (non-hydrogen) atoms. The lowest BCUT2D eigenvalue weighted by Crippen LogP contribution is -2.11. The van der Waals surface area contributed by atoms with Crippen molar-refractivity contribution in [3.63, 3.8) is 0 Å². The minimum absolute atomic E-state index is 0.0669. The summed E-state index contributed by atoms with van der Waals surface area (Å²) in [6, 6.07) is 1.76. The number of hydrogen-bond donors (Lipinski definition) is 3. The van der Waals surface area contributed by atoms with Crippen molar-refractivity contribution in [2.45, 2.75) is 26.7 Å². The number of hydrogen-bond acceptors (Lipinski definition) is 4. The predicted molar refractivity (Wildman–Crippen MR) is 66.6 cm³/mol. The summed E-state index contributed by atoms with van der Waals surface area (Å²) in [7, 11) is 0. The monoisotopic (exact) mass is 233 g/mol. The van der Waals surface area contributed by atoms with Crippen molar-refractivity contribution >= 4 is 28.4 Å². The molecule has 4 N–H and O–H groups in total. The normalized spacial score (nSPS) is 10.7. The Morgan fingerprint density at radius 2 is 2.35 bits per heavy atom. The van der Waals surface area contributed by atoms with Crippen LogP contribution in [-0.4, -0.2) is 21.1 Å². The Kier molecular flexibility index (Phi) is 2.95. The van der Waals surface area contributed by atoms with Crippen LogP contribution in [0.4, 0.5) is 11.5 Å². The van der Waals surface area contributed by atoms with E-state index in [4.69, 9.17) is 5.73 Å². The van der Waals surface area contributed by atoms with Gasteiger partial charge in [0.25, 0.3) is 0 Å². The third kappa shape index (κ3) is 2.20. The zero-order chi connectivity index (χ0) is 12.4. The highest BCUT2D eigenvalue weighted by molar-refractivity contribution is 6.00. The van der Waals surface area contributed by atoms with Crippen molar-refractivity contribution in [3.05, 3.63) is 11.8 Å². The second-order valence-corrected chi connectivity index (χ2v) is 3.95. The first-order chi connectivity index (χ1) is 8.11. The lowest BCUT2D eigenvalue weighted by atomic mass is 10.2. The molecule has 6 nitrogen and oxygen atoms in total. The molecule has 0 atom stereocenters. The Balaban J connectivity index is 2.39. The molecule has 90 valence electrons. The predicted octanol–water partition coefficient (Wildman–Crippen LogP) is 1.59. The number of carbonyl (C=O) groups is 1. The fourth-order valence-corrected chi connectivity index (χ4v) is 1.66. The van der Waals surface area contributed by atoms with E-state index in [9.17, 15) is 4.79 Å². The fourth-order valence-electron chi connectivity index (χ4n) is 1.66. The van der Waals surface area contributed by atoms with E-state index in [0.717, 1.165) is 12.1 Å². The molecule has 0 saturated heterocycles. The Labute approximate surface area is 98.6 Å². The van der Waals surface area contributed by atoms with Crippen LogP contribution in [0.3, 0.4) is 0 Å². The molecule has 2 heterocycles. The Hall–Kier alpha value is -2.11. The topological polar surface area (TPSA) is 96.7 Å². The molecule has 0 aliphatic carbocycles. The van der Waals surface area contributed by atoms with Crippen LogP contribution in [0.15, 0.2) is 6.07 Å². The molecule has 6 heteroatoms. The highest BCUT2D eigenvalue weighted by Gasteiger charge is 2.12. The molecule has 0 saturated carbocycles. The summed E-state index contributed by atoms with van der Waals surface area (Å²) >= 11 is 0. The van der Waals surface area contributed by atoms with Crippen LogP contribution in [0, 0.1) is 6.92 Å². The first-order valence-corrected chi connectivity index (χ1v) is 5.53. The maximum absolute atomic E-state index is 11.5. The van der Waals surface area contributed by atoms with Crippen molar-refractivity contribution in [1.82, 2.24) is 15.2 Å². The second-order valence-electron chi connectivity index (χ2n) is 3.95. The van der Waals surface area contributed by atoms with Gasteiger partial charge in [-0.1, -0.05) is 6.92 Å². The summed E-state index contributed by atoms with van der Waals surface area (Å²) in [6.45, 7) is 3.79. The third-order valence-electron chi connectivity index (χ3n) is 2.42. The van der Waals surface area contributed by atoms with E-state index in [1.807, 2.05) is 13.8 Å². The minimum atomic E-state index is -0.0669. The number of amides is 1. The second kappa shape index (κ2) is 4.40. The molecule has 2 aromatic rings. The molecule has 0 unspecified atom stereocenters. The van der Waals surface area contributed by atoms with Gasteiger partial charge in [0.2, 0.25) is 5.91 Å². The fraction of sp³-hybridized carbons (Fsp3) is 0.364. The number of pyridine rings is 1. The number of fused-ring (bicyclic) bond motifs is 1. The highest BCUT2D eigenvalue weighted by Crippen LogP contribution is 2.23. The van der Waals surface area contributed by atoms with Gasteiger partial charge >= 0.3 is 0 Å².